The van der Waals surface area contributed by atoms with Crippen molar-refractivity contribution in [3.8, 4) is 22.7 Å². The number of benzene rings is 2. The van der Waals surface area contributed by atoms with Gasteiger partial charge in [0.2, 0.25) is 5.91 Å². The molecule has 11 heteroatoms. The molecule has 0 atom stereocenters. The molecule has 1 aliphatic rings. The van der Waals surface area contributed by atoms with Crippen molar-refractivity contribution in [2.24, 2.45) is 0 Å². The van der Waals surface area contributed by atoms with E-state index in [1.165, 1.54) is 0 Å². The van der Waals surface area contributed by atoms with Gasteiger partial charge >= 0.3 is 6.03 Å². The SMILES string of the molecule is CCC(=O)Nc1ccc(NC(=O)Nc2ccc(-c3nc(N4CCOCC4)c4ncc(-c5ccc(C)o5)cc4n3)cc2)cc1. The summed E-state index contributed by atoms with van der Waals surface area (Å²) in [6.07, 6.45) is 2.19. The van der Waals surface area contributed by atoms with E-state index in [2.05, 4.69) is 20.9 Å². The molecule has 0 spiro atoms. The minimum absolute atomic E-state index is 0.0707. The summed E-state index contributed by atoms with van der Waals surface area (Å²) >= 11 is 0. The predicted molar refractivity (Wildman–Crippen MR) is 166 cm³/mol. The van der Waals surface area contributed by atoms with E-state index in [0.29, 0.717) is 66.6 Å². The fourth-order valence-corrected chi connectivity index (χ4v) is 4.73. The summed E-state index contributed by atoms with van der Waals surface area (Å²) in [5.74, 6) is 2.79. The topological polar surface area (TPSA) is 135 Å². The predicted octanol–water partition coefficient (Wildman–Crippen LogP) is 6.09. The number of nitrogens with one attached hydrogen (secondary N) is 3. The van der Waals surface area contributed by atoms with E-state index >= 15 is 0 Å². The Balaban J connectivity index is 1.22. The summed E-state index contributed by atoms with van der Waals surface area (Å²) in [6.45, 7) is 6.35. The second-order valence-corrected chi connectivity index (χ2v) is 10.1. The maximum absolute atomic E-state index is 12.6. The number of urea groups is 1. The molecule has 218 valence electrons. The number of ether oxygens (including phenoxy) is 1. The Labute approximate surface area is 248 Å². The van der Waals surface area contributed by atoms with E-state index < -0.39 is 0 Å². The molecule has 0 saturated carbocycles. The first-order valence-electron chi connectivity index (χ1n) is 14.1. The molecule has 5 aromatic rings. The number of pyridine rings is 1. The van der Waals surface area contributed by atoms with Crippen molar-refractivity contribution in [1.29, 1.82) is 0 Å². The number of carbonyl (C=O) groups is 2. The van der Waals surface area contributed by atoms with E-state index in [4.69, 9.17) is 24.1 Å². The summed E-state index contributed by atoms with van der Waals surface area (Å²) in [7, 11) is 0. The summed E-state index contributed by atoms with van der Waals surface area (Å²) in [5, 5.41) is 8.42. The Bertz CT molecular complexity index is 1760. The Morgan fingerprint density at radius 2 is 1.49 bits per heavy atom. The molecule has 6 rings (SSSR count). The summed E-state index contributed by atoms with van der Waals surface area (Å²) < 4.78 is 11.4. The van der Waals surface area contributed by atoms with Crippen molar-refractivity contribution in [2.75, 3.05) is 47.2 Å². The van der Waals surface area contributed by atoms with Gasteiger partial charge in [0, 0.05) is 53.9 Å². The highest BCUT2D eigenvalue weighted by molar-refractivity contribution is 6.00. The molecule has 3 amide bonds. The number of carbonyl (C=O) groups excluding carboxylic acids is 2. The van der Waals surface area contributed by atoms with E-state index in [1.807, 2.05) is 37.3 Å². The fraction of sp³-hybridized carbons (Fsp3) is 0.219. The third kappa shape index (κ3) is 6.47. The minimum atomic E-state index is -0.388. The number of morpholine rings is 1. The number of aryl methyl sites for hydroxylation is 1. The molecule has 43 heavy (non-hydrogen) atoms. The van der Waals surface area contributed by atoms with Crippen LogP contribution in [0.5, 0.6) is 0 Å². The normalized spacial score (nSPS) is 13.1. The minimum Gasteiger partial charge on any atom is -0.461 e. The highest BCUT2D eigenvalue weighted by Gasteiger charge is 2.20. The van der Waals surface area contributed by atoms with Gasteiger partial charge in [-0.3, -0.25) is 4.79 Å². The zero-order chi connectivity index (χ0) is 29.8. The van der Waals surface area contributed by atoms with Crippen LogP contribution < -0.4 is 20.9 Å². The van der Waals surface area contributed by atoms with Crippen molar-refractivity contribution in [3.63, 3.8) is 0 Å². The number of rotatable bonds is 7. The first kappa shape index (κ1) is 27.9. The Morgan fingerprint density at radius 1 is 0.837 bits per heavy atom. The maximum atomic E-state index is 12.6. The van der Waals surface area contributed by atoms with E-state index in [0.717, 1.165) is 28.5 Å². The monoisotopic (exact) mass is 577 g/mol. The van der Waals surface area contributed by atoms with Crippen LogP contribution in [0, 0.1) is 6.92 Å². The molecule has 0 aliphatic carbocycles. The molecule has 3 aromatic heterocycles. The van der Waals surface area contributed by atoms with Crippen LogP contribution in [0.2, 0.25) is 0 Å². The van der Waals surface area contributed by atoms with Gasteiger partial charge in [0.15, 0.2) is 11.6 Å². The molecular weight excluding hydrogens is 546 g/mol. The standard InChI is InChI=1S/C32H31N7O4/c1-3-28(40)34-23-9-11-25(12-10-23)36-32(41)35-24-7-5-21(6-8-24)30-37-26-18-22(27-13-4-20(2)43-27)19-33-29(26)31(38-30)39-14-16-42-17-15-39/h4-13,18-19H,3,14-17H2,1-2H3,(H,34,40)(H2,35,36,41). The Kier molecular flexibility index (Phi) is 7.96. The van der Waals surface area contributed by atoms with Crippen LogP contribution in [0.4, 0.5) is 27.7 Å². The molecule has 3 N–H and O–H groups in total. The molecule has 2 aromatic carbocycles. The van der Waals surface area contributed by atoms with E-state index in [1.54, 1.807) is 49.5 Å². The number of anilines is 4. The molecule has 1 fully saturated rings. The second-order valence-electron chi connectivity index (χ2n) is 10.1. The lowest BCUT2D eigenvalue weighted by Crippen LogP contribution is -2.37. The summed E-state index contributed by atoms with van der Waals surface area (Å²) in [6, 6.07) is 19.7. The number of hydrogen-bond acceptors (Lipinski definition) is 8. The van der Waals surface area contributed by atoms with Crippen LogP contribution >= 0.6 is 0 Å². The first-order chi connectivity index (χ1) is 20.9. The molecular formula is C32H31N7O4. The van der Waals surface area contributed by atoms with Crippen molar-refractivity contribution < 1.29 is 18.7 Å². The number of fused-ring (bicyclic) bond motifs is 1. The van der Waals surface area contributed by atoms with Crippen LogP contribution in [0.3, 0.4) is 0 Å². The zero-order valence-corrected chi connectivity index (χ0v) is 23.9. The van der Waals surface area contributed by atoms with Crippen LogP contribution in [-0.2, 0) is 9.53 Å². The highest BCUT2D eigenvalue weighted by Crippen LogP contribution is 2.31. The number of aromatic nitrogens is 3. The number of furan rings is 1. The smallest absolute Gasteiger partial charge is 0.323 e. The first-order valence-corrected chi connectivity index (χ1v) is 14.1. The lowest BCUT2D eigenvalue weighted by atomic mass is 10.1. The van der Waals surface area contributed by atoms with Crippen molar-refractivity contribution in [3.05, 3.63) is 78.7 Å². The van der Waals surface area contributed by atoms with Crippen LogP contribution in [0.15, 0.2) is 77.3 Å². The third-order valence-electron chi connectivity index (χ3n) is 7.00. The van der Waals surface area contributed by atoms with Crippen LogP contribution in [0.25, 0.3) is 33.7 Å². The molecule has 4 heterocycles. The number of amides is 3. The van der Waals surface area contributed by atoms with Crippen molar-refractivity contribution in [2.45, 2.75) is 20.3 Å². The second kappa shape index (κ2) is 12.3. The molecule has 1 aliphatic heterocycles. The quantitative estimate of drug-likeness (QED) is 0.212. The van der Waals surface area contributed by atoms with Gasteiger partial charge in [-0.2, -0.15) is 0 Å². The summed E-state index contributed by atoms with van der Waals surface area (Å²) in [4.78, 5) is 40.9. The average molecular weight is 578 g/mol. The Morgan fingerprint density at radius 3 is 2.12 bits per heavy atom. The van der Waals surface area contributed by atoms with Crippen molar-refractivity contribution in [1.82, 2.24) is 15.0 Å². The van der Waals surface area contributed by atoms with Gasteiger partial charge in [-0.05, 0) is 73.7 Å². The zero-order valence-electron chi connectivity index (χ0n) is 23.9. The third-order valence-corrected chi connectivity index (χ3v) is 7.00. The fourth-order valence-electron chi connectivity index (χ4n) is 4.73. The van der Waals surface area contributed by atoms with Gasteiger partial charge < -0.3 is 30.0 Å². The Hall–Kier alpha value is -5.29. The van der Waals surface area contributed by atoms with E-state index in [-0.39, 0.29) is 11.9 Å². The van der Waals surface area contributed by atoms with Crippen molar-refractivity contribution >= 4 is 45.9 Å². The van der Waals surface area contributed by atoms with Gasteiger partial charge in [-0.25, -0.2) is 19.7 Å². The number of nitrogens with zero attached hydrogens (tertiary/aromatic N) is 4. The maximum Gasteiger partial charge on any atom is 0.323 e. The largest absolute Gasteiger partial charge is 0.461 e. The molecule has 0 unspecified atom stereocenters. The molecule has 11 nitrogen and oxygen atoms in total. The van der Waals surface area contributed by atoms with E-state index in [9.17, 15) is 9.59 Å². The van der Waals surface area contributed by atoms with Gasteiger partial charge in [0.25, 0.3) is 0 Å². The lowest BCUT2D eigenvalue weighted by Gasteiger charge is -2.28. The average Bonchev–Trinajstić information content (AvgIpc) is 3.48. The van der Waals surface area contributed by atoms with Crippen LogP contribution in [-0.4, -0.2) is 53.2 Å². The highest BCUT2D eigenvalue weighted by atomic mass is 16.5. The van der Waals surface area contributed by atoms with Gasteiger partial charge in [-0.15, -0.1) is 0 Å². The van der Waals surface area contributed by atoms with Crippen LogP contribution in [0.1, 0.15) is 19.1 Å². The van der Waals surface area contributed by atoms with Gasteiger partial charge in [0.1, 0.15) is 17.0 Å². The van der Waals surface area contributed by atoms with Gasteiger partial charge in [0.05, 0.1) is 18.7 Å². The lowest BCUT2D eigenvalue weighted by molar-refractivity contribution is -0.115. The molecule has 0 radical (unpaired) electrons. The summed E-state index contributed by atoms with van der Waals surface area (Å²) in [5.41, 5.74) is 4.94. The number of hydrogen-bond donors (Lipinski definition) is 3. The van der Waals surface area contributed by atoms with Gasteiger partial charge in [-0.1, -0.05) is 6.92 Å². The molecule has 1 saturated heterocycles. The molecule has 0 bridgehead atoms.